The quantitative estimate of drug-likeness (QED) is 0.308. The summed E-state index contributed by atoms with van der Waals surface area (Å²) in [6, 6.07) is 6.36. The Hall–Kier alpha value is -2.51. The summed E-state index contributed by atoms with van der Waals surface area (Å²) in [7, 11) is 1.52. The van der Waals surface area contributed by atoms with Crippen molar-refractivity contribution in [1.82, 2.24) is 14.9 Å². The zero-order chi connectivity index (χ0) is 25.9. The number of oxime groups is 1. The molecule has 1 amide bonds. The summed E-state index contributed by atoms with van der Waals surface area (Å²) >= 11 is 9.89. The van der Waals surface area contributed by atoms with Crippen LogP contribution in [0, 0.1) is 9.39 Å². The molecule has 8 nitrogen and oxygen atoms in total. The third kappa shape index (κ3) is 5.83. The molecule has 1 saturated heterocycles. The van der Waals surface area contributed by atoms with E-state index >= 15 is 0 Å². The van der Waals surface area contributed by atoms with Gasteiger partial charge in [-0.05, 0) is 47.6 Å². The molecule has 4 heterocycles. The van der Waals surface area contributed by atoms with Crippen molar-refractivity contribution in [3.05, 3.63) is 66.5 Å². The monoisotopic (exact) mass is 656 g/mol. The van der Waals surface area contributed by atoms with Crippen molar-refractivity contribution in [2.24, 2.45) is 5.16 Å². The Labute approximate surface area is 235 Å². The summed E-state index contributed by atoms with van der Waals surface area (Å²) in [6.45, 7) is 1.18. The molecule has 2 aliphatic rings. The third-order valence-corrected chi connectivity index (χ3v) is 8.26. The SMILES string of the molecule is COc1ncc(I)cc1OCC(=O)N1CCC(c2nc(C3=NOC(c4c(F)cccc4Cl)C3)cs2)CC1. The lowest BCUT2D eigenvalue weighted by Gasteiger charge is -2.31. The number of hydrogen-bond acceptors (Lipinski definition) is 8. The Bertz CT molecular complexity index is 1310. The van der Waals surface area contributed by atoms with Crippen molar-refractivity contribution in [1.29, 1.82) is 0 Å². The van der Waals surface area contributed by atoms with Crippen LogP contribution in [0.1, 0.15) is 47.5 Å². The maximum absolute atomic E-state index is 14.3. The number of rotatable bonds is 7. The number of thiazole rings is 1. The fraction of sp³-hybridized carbons (Fsp3) is 0.360. The summed E-state index contributed by atoms with van der Waals surface area (Å²) in [5.74, 6) is 0.574. The number of carbonyl (C=O) groups excluding carboxylic acids is 1. The van der Waals surface area contributed by atoms with E-state index in [2.05, 4.69) is 32.7 Å². The van der Waals surface area contributed by atoms with Gasteiger partial charge in [-0.3, -0.25) is 4.79 Å². The van der Waals surface area contributed by atoms with Gasteiger partial charge < -0.3 is 19.2 Å². The maximum Gasteiger partial charge on any atom is 0.260 e. The average Bonchev–Trinajstić information content (AvgIpc) is 3.58. The lowest BCUT2D eigenvalue weighted by molar-refractivity contribution is -0.134. The minimum absolute atomic E-state index is 0.0722. The van der Waals surface area contributed by atoms with Gasteiger partial charge in [0.15, 0.2) is 18.5 Å². The van der Waals surface area contributed by atoms with E-state index in [1.165, 1.54) is 13.2 Å². The predicted octanol–water partition coefficient (Wildman–Crippen LogP) is 5.59. The molecule has 194 valence electrons. The van der Waals surface area contributed by atoms with E-state index in [-0.39, 0.29) is 18.4 Å². The van der Waals surface area contributed by atoms with E-state index in [4.69, 9.17) is 30.9 Å². The van der Waals surface area contributed by atoms with Crippen LogP contribution >= 0.6 is 45.5 Å². The highest BCUT2D eigenvalue weighted by Gasteiger charge is 2.31. The number of carbonyl (C=O) groups is 1. The first-order valence-electron chi connectivity index (χ1n) is 11.7. The van der Waals surface area contributed by atoms with Crippen LogP contribution in [0.3, 0.4) is 0 Å². The van der Waals surface area contributed by atoms with Crippen LogP contribution in [-0.4, -0.2) is 53.3 Å². The minimum atomic E-state index is -0.569. The number of piperidine rings is 1. The van der Waals surface area contributed by atoms with Gasteiger partial charge in [-0.2, -0.15) is 0 Å². The molecule has 0 saturated carbocycles. The van der Waals surface area contributed by atoms with Crippen LogP contribution in [0.15, 0.2) is 41.0 Å². The molecule has 0 radical (unpaired) electrons. The Balaban J connectivity index is 1.14. The molecule has 12 heteroatoms. The van der Waals surface area contributed by atoms with E-state index in [0.717, 1.165) is 27.1 Å². The summed E-state index contributed by atoms with van der Waals surface area (Å²) in [5, 5.41) is 7.44. The summed E-state index contributed by atoms with van der Waals surface area (Å²) in [5.41, 5.74) is 1.73. The number of aromatic nitrogens is 2. The molecule has 3 aromatic rings. The number of nitrogens with zero attached hydrogens (tertiary/aromatic N) is 4. The molecule has 2 aromatic heterocycles. The molecule has 1 atom stereocenters. The number of pyridine rings is 1. The average molecular weight is 657 g/mol. The van der Waals surface area contributed by atoms with Gasteiger partial charge in [-0.25, -0.2) is 14.4 Å². The molecular weight excluding hydrogens is 634 g/mol. The number of hydrogen-bond donors (Lipinski definition) is 0. The topological polar surface area (TPSA) is 86.1 Å². The molecule has 1 unspecified atom stereocenters. The number of amides is 1. The Kier molecular flexibility index (Phi) is 8.10. The first kappa shape index (κ1) is 26.1. The van der Waals surface area contributed by atoms with Crippen molar-refractivity contribution in [3.8, 4) is 11.6 Å². The highest BCUT2D eigenvalue weighted by atomic mass is 127. The van der Waals surface area contributed by atoms with Gasteiger partial charge in [0, 0.05) is 52.2 Å². The zero-order valence-electron chi connectivity index (χ0n) is 19.8. The number of benzene rings is 1. The lowest BCUT2D eigenvalue weighted by atomic mass is 9.97. The van der Waals surface area contributed by atoms with Gasteiger partial charge in [0.05, 0.1) is 22.8 Å². The van der Waals surface area contributed by atoms with Crippen molar-refractivity contribution >= 4 is 57.1 Å². The van der Waals surface area contributed by atoms with Gasteiger partial charge >= 0.3 is 0 Å². The van der Waals surface area contributed by atoms with E-state index in [1.54, 1.807) is 35.7 Å². The van der Waals surface area contributed by atoms with Crippen molar-refractivity contribution in [2.75, 3.05) is 26.8 Å². The molecule has 5 rings (SSSR count). The second kappa shape index (κ2) is 11.5. The Morgan fingerprint density at radius 2 is 2.16 bits per heavy atom. The predicted molar refractivity (Wildman–Crippen MR) is 146 cm³/mol. The minimum Gasteiger partial charge on any atom is -0.478 e. The van der Waals surface area contributed by atoms with E-state index in [9.17, 15) is 9.18 Å². The second-order valence-corrected chi connectivity index (χ2v) is 11.2. The second-order valence-electron chi connectivity index (χ2n) is 8.65. The summed E-state index contributed by atoms with van der Waals surface area (Å²) < 4.78 is 26.1. The largest absolute Gasteiger partial charge is 0.478 e. The van der Waals surface area contributed by atoms with Gasteiger partial charge in [0.2, 0.25) is 0 Å². The van der Waals surface area contributed by atoms with Crippen LogP contribution in [0.2, 0.25) is 5.02 Å². The number of ether oxygens (including phenoxy) is 2. The van der Waals surface area contributed by atoms with Crippen molar-refractivity contribution in [3.63, 3.8) is 0 Å². The van der Waals surface area contributed by atoms with Gasteiger partial charge in [-0.15, -0.1) is 11.3 Å². The summed E-state index contributed by atoms with van der Waals surface area (Å²) in [4.78, 5) is 29.0. The van der Waals surface area contributed by atoms with Gasteiger partial charge in [0.1, 0.15) is 11.5 Å². The lowest BCUT2D eigenvalue weighted by Crippen LogP contribution is -2.40. The number of likely N-dealkylation sites (tertiary alicyclic amines) is 1. The van der Waals surface area contributed by atoms with Crippen LogP contribution in [-0.2, 0) is 9.63 Å². The zero-order valence-corrected chi connectivity index (χ0v) is 23.6. The van der Waals surface area contributed by atoms with Gasteiger partial charge in [0.25, 0.3) is 11.8 Å². The molecule has 0 bridgehead atoms. The highest BCUT2D eigenvalue weighted by molar-refractivity contribution is 14.1. The van der Waals surface area contributed by atoms with E-state index in [1.807, 2.05) is 10.3 Å². The molecular formula is C25H23ClFIN4O4S. The molecule has 0 N–H and O–H groups in total. The first-order valence-corrected chi connectivity index (χ1v) is 14.0. The first-order chi connectivity index (χ1) is 17.9. The summed E-state index contributed by atoms with van der Waals surface area (Å²) in [6.07, 6.45) is 3.12. The van der Waals surface area contributed by atoms with Crippen LogP contribution in [0.4, 0.5) is 4.39 Å². The standard InChI is InChI=1S/C25H23ClFIN4O4S/c1-34-24-21(9-15(28)11-29-24)35-12-22(33)32-7-5-14(6-8-32)25-30-19(13-37-25)18-10-20(36-31-18)23-16(26)3-2-4-17(23)27/h2-4,9,11,13-14,20H,5-8,10,12H2,1H3. The Morgan fingerprint density at radius 3 is 2.92 bits per heavy atom. The smallest absolute Gasteiger partial charge is 0.260 e. The van der Waals surface area contributed by atoms with Crippen molar-refractivity contribution in [2.45, 2.75) is 31.3 Å². The normalized spacial score (nSPS) is 17.9. The van der Waals surface area contributed by atoms with E-state index in [0.29, 0.717) is 47.4 Å². The fourth-order valence-corrected chi connectivity index (χ4v) is 6.09. The van der Waals surface area contributed by atoms with Crippen LogP contribution < -0.4 is 9.47 Å². The Morgan fingerprint density at radius 1 is 1.35 bits per heavy atom. The van der Waals surface area contributed by atoms with Crippen LogP contribution in [0.25, 0.3) is 0 Å². The third-order valence-electron chi connectivity index (χ3n) is 6.33. The maximum atomic E-state index is 14.3. The molecule has 2 aliphatic heterocycles. The highest BCUT2D eigenvalue weighted by Crippen LogP contribution is 2.37. The number of halogens is 3. The molecule has 0 aliphatic carbocycles. The molecule has 1 aromatic carbocycles. The number of methoxy groups -OCH3 is 1. The molecule has 1 fully saturated rings. The molecule has 0 spiro atoms. The molecule has 37 heavy (non-hydrogen) atoms. The van der Waals surface area contributed by atoms with E-state index < -0.39 is 11.9 Å². The van der Waals surface area contributed by atoms with Crippen LogP contribution in [0.5, 0.6) is 11.6 Å². The van der Waals surface area contributed by atoms with Gasteiger partial charge in [-0.1, -0.05) is 22.8 Å². The van der Waals surface area contributed by atoms with Crippen molar-refractivity contribution < 1.29 is 23.5 Å². The fourth-order valence-electron chi connectivity index (χ4n) is 4.38.